The SMILES string of the molecule is O=C(N[C@@H]1CCCc2c1ccc1ccccc21)c1cc([N+](=O)[O-])cc([N+](=O)[O-])c1. The van der Waals surface area contributed by atoms with E-state index in [2.05, 4.69) is 11.4 Å². The van der Waals surface area contributed by atoms with E-state index in [4.69, 9.17) is 0 Å². The number of rotatable bonds is 4. The van der Waals surface area contributed by atoms with Crippen molar-refractivity contribution in [1.82, 2.24) is 5.32 Å². The molecule has 1 aliphatic carbocycles. The van der Waals surface area contributed by atoms with Gasteiger partial charge in [-0.15, -0.1) is 0 Å². The lowest BCUT2D eigenvalue weighted by atomic mass is 9.84. The Hall–Kier alpha value is -3.81. The molecule has 0 bridgehead atoms. The molecule has 0 unspecified atom stereocenters. The molecule has 0 heterocycles. The topological polar surface area (TPSA) is 115 Å². The van der Waals surface area contributed by atoms with Gasteiger partial charge < -0.3 is 5.32 Å². The molecule has 146 valence electrons. The molecule has 4 rings (SSSR count). The Kier molecular flexibility index (Phi) is 4.67. The molecule has 3 aromatic rings. The first-order chi connectivity index (χ1) is 13.9. The Balaban J connectivity index is 1.68. The highest BCUT2D eigenvalue weighted by Crippen LogP contribution is 2.35. The number of amides is 1. The zero-order chi connectivity index (χ0) is 20.5. The Morgan fingerprint density at radius 2 is 1.66 bits per heavy atom. The normalized spacial score (nSPS) is 15.5. The molecule has 0 saturated heterocycles. The van der Waals surface area contributed by atoms with Crippen LogP contribution in [0.1, 0.15) is 40.4 Å². The van der Waals surface area contributed by atoms with Crippen LogP contribution in [0.25, 0.3) is 10.8 Å². The van der Waals surface area contributed by atoms with Crippen molar-refractivity contribution in [3.05, 3.63) is 91.5 Å². The average Bonchev–Trinajstić information content (AvgIpc) is 2.73. The van der Waals surface area contributed by atoms with Gasteiger partial charge in [-0.25, -0.2) is 0 Å². The molecular weight excluding hydrogens is 374 g/mol. The number of hydrogen-bond acceptors (Lipinski definition) is 5. The minimum absolute atomic E-state index is 0.0983. The van der Waals surface area contributed by atoms with E-state index in [0.717, 1.165) is 53.8 Å². The van der Waals surface area contributed by atoms with Crippen LogP contribution in [0.5, 0.6) is 0 Å². The van der Waals surface area contributed by atoms with Crippen molar-refractivity contribution in [2.75, 3.05) is 0 Å². The van der Waals surface area contributed by atoms with Crippen molar-refractivity contribution in [3.8, 4) is 0 Å². The van der Waals surface area contributed by atoms with E-state index in [1.54, 1.807) is 0 Å². The van der Waals surface area contributed by atoms with E-state index in [9.17, 15) is 25.0 Å². The third kappa shape index (κ3) is 3.52. The Morgan fingerprint density at radius 1 is 0.966 bits per heavy atom. The van der Waals surface area contributed by atoms with Gasteiger partial charge in [0.25, 0.3) is 17.3 Å². The number of aryl methyl sites for hydroxylation is 1. The van der Waals surface area contributed by atoms with E-state index >= 15 is 0 Å². The highest BCUT2D eigenvalue weighted by Gasteiger charge is 2.25. The van der Waals surface area contributed by atoms with Gasteiger partial charge >= 0.3 is 0 Å². The summed E-state index contributed by atoms with van der Waals surface area (Å²) in [6, 6.07) is 14.8. The van der Waals surface area contributed by atoms with Crippen LogP contribution < -0.4 is 5.32 Å². The van der Waals surface area contributed by atoms with Crippen molar-refractivity contribution >= 4 is 28.1 Å². The van der Waals surface area contributed by atoms with Gasteiger partial charge in [-0.1, -0.05) is 36.4 Å². The van der Waals surface area contributed by atoms with Gasteiger partial charge in [0.2, 0.25) is 0 Å². The lowest BCUT2D eigenvalue weighted by Gasteiger charge is -2.27. The van der Waals surface area contributed by atoms with Crippen molar-refractivity contribution in [2.24, 2.45) is 0 Å². The first-order valence-electron chi connectivity index (χ1n) is 9.19. The quantitative estimate of drug-likeness (QED) is 0.520. The largest absolute Gasteiger partial charge is 0.345 e. The number of nitrogens with one attached hydrogen (secondary N) is 1. The standard InChI is InChI=1S/C21H17N3O5/c25-21(14-10-15(23(26)27)12-16(11-14)24(28)29)22-20-7-3-6-18-17-5-2-1-4-13(17)8-9-19(18)20/h1-2,4-5,8-12,20H,3,6-7H2,(H,22,25)/t20-/m1/s1. The summed E-state index contributed by atoms with van der Waals surface area (Å²) < 4.78 is 0. The summed E-state index contributed by atoms with van der Waals surface area (Å²) in [5.41, 5.74) is 1.13. The summed E-state index contributed by atoms with van der Waals surface area (Å²) in [6.45, 7) is 0. The van der Waals surface area contributed by atoms with E-state index in [-0.39, 0.29) is 11.6 Å². The fourth-order valence-corrected chi connectivity index (χ4v) is 3.93. The smallest absolute Gasteiger partial charge is 0.277 e. The third-order valence-corrected chi connectivity index (χ3v) is 5.26. The lowest BCUT2D eigenvalue weighted by molar-refractivity contribution is -0.394. The fourth-order valence-electron chi connectivity index (χ4n) is 3.93. The molecule has 29 heavy (non-hydrogen) atoms. The average molecular weight is 391 g/mol. The van der Waals surface area contributed by atoms with Crippen LogP contribution in [0.4, 0.5) is 11.4 Å². The molecule has 0 spiro atoms. The molecule has 8 heteroatoms. The number of fused-ring (bicyclic) bond motifs is 3. The van der Waals surface area contributed by atoms with Crippen molar-refractivity contribution < 1.29 is 14.6 Å². The van der Waals surface area contributed by atoms with Crippen LogP contribution in [0.3, 0.4) is 0 Å². The molecule has 1 atom stereocenters. The zero-order valence-corrected chi connectivity index (χ0v) is 15.3. The number of carbonyl (C=O) groups excluding carboxylic acids is 1. The van der Waals surface area contributed by atoms with Gasteiger partial charge in [0, 0.05) is 12.1 Å². The maximum Gasteiger partial charge on any atom is 0.277 e. The number of nitro groups is 2. The van der Waals surface area contributed by atoms with Crippen LogP contribution >= 0.6 is 0 Å². The highest BCUT2D eigenvalue weighted by molar-refractivity contribution is 5.96. The second kappa shape index (κ2) is 7.31. The summed E-state index contributed by atoms with van der Waals surface area (Å²) in [4.78, 5) is 33.5. The van der Waals surface area contributed by atoms with Gasteiger partial charge in [-0.05, 0) is 41.2 Å². The van der Waals surface area contributed by atoms with Gasteiger partial charge in [0.05, 0.1) is 27.5 Å². The number of nitrogens with zero attached hydrogens (tertiary/aromatic N) is 2. The molecule has 0 aliphatic heterocycles. The minimum atomic E-state index is -0.744. The van der Waals surface area contributed by atoms with Gasteiger partial charge in [0.1, 0.15) is 0 Å². The Morgan fingerprint density at radius 3 is 2.34 bits per heavy atom. The molecule has 1 N–H and O–H groups in total. The molecule has 0 fully saturated rings. The zero-order valence-electron chi connectivity index (χ0n) is 15.3. The number of benzene rings is 3. The molecule has 1 amide bonds. The minimum Gasteiger partial charge on any atom is -0.345 e. The molecule has 1 aliphatic rings. The van der Waals surface area contributed by atoms with E-state index in [1.807, 2.05) is 30.3 Å². The van der Waals surface area contributed by atoms with E-state index < -0.39 is 27.1 Å². The van der Waals surface area contributed by atoms with Crippen molar-refractivity contribution in [2.45, 2.75) is 25.3 Å². The number of nitro benzene ring substituents is 2. The molecule has 0 saturated carbocycles. The third-order valence-electron chi connectivity index (χ3n) is 5.26. The predicted octanol–water partition coefficient (Wildman–Crippen LogP) is 4.46. The van der Waals surface area contributed by atoms with Crippen LogP contribution in [0.15, 0.2) is 54.6 Å². The number of carbonyl (C=O) groups is 1. The van der Waals surface area contributed by atoms with Crippen LogP contribution in [0.2, 0.25) is 0 Å². The number of hydrogen-bond donors (Lipinski definition) is 1. The van der Waals surface area contributed by atoms with Gasteiger partial charge in [0.15, 0.2) is 0 Å². The van der Waals surface area contributed by atoms with E-state index in [1.165, 1.54) is 5.56 Å². The predicted molar refractivity (Wildman–Crippen MR) is 107 cm³/mol. The molecule has 0 radical (unpaired) electrons. The van der Waals surface area contributed by atoms with Crippen LogP contribution in [-0.4, -0.2) is 15.8 Å². The van der Waals surface area contributed by atoms with Crippen LogP contribution in [0, 0.1) is 20.2 Å². The van der Waals surface area contributed by atoms with Gasteiger partial charge in [-0.3, -0.25) is 25.0 Å². The molecule has 0 aromatic heterocycles. The fraction of sp³-hybridized carbons (Fsp3) is 0.190. The molecule has 3 aromatic carbocycles. The van der Waals surface area contributed by atoms with Crippen LogP contribution in [-0.2, 0) is 6.42 Å². The number of non-ortho nitro benzene ring substituents is 2. The first-order valence-corrected chi connectivity index (χ1v) is 9.19. The summed E-state index contributed by atoms with van der Waals surface area (Å²) >= 11 is 0. The second-order valence-corrected chi connectivity index (χ2v) is 7.03. The second-order valence-electron chi connectivity index (χ2n) is 7.03. The maximum atomic E-state index is 12.8. The van der Waals surface area contributed by atoms with Crippen molar-refractivity contribution in [3.63, 3.8) is 0 Å². The Bertz CT molecular complexity index is 1130. The Labute approximate surface area is 165 Å². The maximum absolute atomic E-state index is 12.8. The summed E-state index contributed by atoms with van der Waals surface area (Å²) in [7, 11) is 0. The summed E-state index contributed by atoms with van der Waals surface area (Å²) in [5.74, 6) is -0.567. The molecule has 8 nitrogen and oxygen atoms in total. The summed E-state index contributed by atoms with van der Waals surface area (Å²) in [6.07, 6.45) is 2.53. The van der Waals surface area contributed by atoms with Gasteiger partial charge in [-0.2, -0.15) is 0 Å². The molecular formula is C21H17N3O5. The first kappa shape index (κ1) is 18.5. The van der Waals surface area contributed by atoms with E-state index in [0.29, 0.717) is 0 Å². The lowest BCUT2D eigenvalue weighted by Crippen LogP contribution is -2.31. The monoisotopic (exact) mass is 391 g/mol. The van der Waals surface area contributed by atoms with Crippen molar-refractivity contribution in [1.29, 1.82) is 0 Å². The summed E-state index contributed by atoms with van der Waals surface area (Å²) in [5, 5.41) is 27.3. The highest BCUT2D eigenvalue weighted by atomic mass is 16.6.